The second kappa shape index (κ2) is 6.01. The number of rotatable bonds is 4. The van der Waals surface area contributed by atoms with E-state index in [9.17, 15) is 4.39 Å². The van der Waals surface area contributed by atoms with Gasteiger partial charge in [-0.05, 0) is 54.8 Å². The summed E-state index contributed by atoms with van der Waals surface area (Å²) in [7, 11) is 0. The predicted molar refractivity (Wildman–Crippen MR) is 74.5 cm³/mol. The van der Waals surface area contributed by atoms with E-state index in [2.05, 4.69) is 11.4 Å². The quantitative estimate of drug-likeness (QED) is 0.903. The first-order chi connectivity index (χ1) is 9.19. The molecular weight excluding hydrogens is 239 g/mol. The van der Waals surface area contributed by atoms with Gasteiger partial charge in [0.05, 0.1) is 11.6 Å². The van der Waals surface area contributed by atoms with Crippen LogP contribution in [0.2, 0.25) is 0 Å². The molecule has 0 radical (unpaired) electrons. The Labute approximate surface area is 112 Å². The van der Waals surface area contributed by atoms with Gasteiger partial charge in [-0.1, -0.05) is 12.1 Å². The minimum Gasteiger partial charge on any atom is -0.385 e. The van der Waals surface area contributed by atoms with Gasteiger partial charge < -0.3 is 5.32 Å². The van der Waals surface area contributed by atoms with Crippen LogP contribution in [0.3, 0.4) is 0 Å². The lowest BCUT2D eigenvalue weighted by molar-refractivity contribution is 0.627. The summed E-state index contributed by atoms with van der Waals surface area (Å²) in [5.41, 5.74) is 3.76. The van der Waals surface area contributed by atoms with Gasteiger partial charge in [-0.15, -0.1) is 0 Å². The van der Waals surface area contributed by atoms with Crippen LogP contribution in [0, 0.1) is 24.1 Å². The van der Waals surface area contributed by atoms with Crippen LogP contribution >= 0.6 is 0 Å². The molecule has 0 aliphatic rings. The zero-order valence-electron chi connectivity index (χ0n) is 10.8. The van der Waals surface area contributed by atoms with Crippen LogP contribution in [-0.4, -0.2) is 6.54 Å². The van der Waals surface area contributed by atoms with Crippen molar-refractivity contribution in [3.05, 3.63) is 65.0 Å². The lowest BCUT2D eigenvalue weighted by atomic mass is 10.1. The molecule has 0 fully saturated rings. The van der Waals surface area contributed by atoms with Crippen molar-refractivity contribution in [2.45, 2.75) is 13.3 Å². The smallest absolute Gasteiger partial charge is 0.123 e. The van der Waals surface area contributed by atoms with Gasteiger partial charge in [-0.25, -0.2) is 4.39 Å². The molecule has 1 N–H and O–H groups in total. The number of aryl methyl sites for hydroxylation is 1. The molecular formula is C16H15FN2. The zero-order valence-corrected chi connectivity index (χ0v) is 10.8. The topological polar surface area (TPSA) is 35.8 Å². The Morgan fingerprint density at radius 3 is 2.53 bits per heavy atom. The van der Waals surface area contributed by atoms with Crippen LogP contribution in [0.25, 0.3) is 0 Å². The minimum atomic E-state index is -0.209. The molecule has 0 aromatic heterocycles. The maximum Gasteiger partial charge on any atom is 0.123 e. The van der Waals surface area contributed by atoms with Crippen LogP contribution < -0.4 is 5.32 Å². The Morgan fingerprint density at radius 2 is 1.89 bits per heavy atom. The molecule has 3 heteroatoms. The maximum absolute atomic E-state index is 12.7. The summed E-state index contributed by atoms with van der Waals surface area (Å²) in [4.78, 5) is 0. The molecule has 0 spiro atoms. The third kappa shape index (κ3) is 3.56. The van der Waals surface area contributed by atoms with E-state index in [1.54, 1.807) is 12.1 Å². The lowest BCUT2D eigenvalue weighted by Crippen LogP contribution is -2.05. The fourth-order valence-electron chi connectivity index (χ4n) is 1.90. The number of benzene rings is 2. The summed E-state index contributed by atoms with van der Waals surface area (Å²) >= 11 is 0. The molecule has 0 heterocycles. The summed E-state index contributed by atoms with van der Waals surface area (Å²) in [6.45, 7) is 2.70. The van der Waals surface area contributed by atoms with E-state index in [1.807, 2.05) is 25.1 Å². The average Bonchev–Trinajstić information content (AvgIpc) is 2.41. The zero-order chi connectivity index (χ0) is 13.7. The van der Waals surface area contributed by atoms with E-state index < -0.39 is 0 Å². The summed E-state index contributed by atoms with van der Waals surface area (Å²) in [6, 6.07) is 14.4. The molecule has 0 aliphatic carbocycles. The number of halogens is 1. The normalized spacial score (nSPS) is 9.95. The van der Waals surface area contributed by atoms with Crippen molar-refractivity contribution >= 4 is 5.69 Å². The van der Waals surface area contributed by atoms with Crippen molar-refractivity contribution in [1.29, 1.82) is 5.26 Å². The molecule has 0 saturated heterocycles. The monoisotopic (exact) mass is 254 g/mol. The molecule has 0 unspecified atom stereocenters. The number of nitriles is 1. The van der Waals surface area contributed by atoms with Crippen molar-refractivity contribution in [2.24, 2.45) is 0 Å². The Morgan fingerprint density at radius 1 is 1.16 bits per heavy atom. The molecule has 2 aromatic rings. The van der Waals surface area contributed by atoms with Gasteiger partial charge in [0.2, 0.25) is 0 Å². The van der Waals surface area contributed by atoms with Crippen LogP contribution in [0.5, 0.6) is 0 Å². The SMILES string of the molecule is Cc1cc(NCCc2ccc(F)cc2)ccc1C#N. The highest BCUT2D eigenvalue weighted by Gasteiger charge is 1.99. The standard InChI is InChI=1S/C16H15FN2/c1-12-10-16(7-4-14(12)11-18)19-9-8-13-2-5-15(17)6-3-13/h2-7,10,19H,8-9H2,1H3. The lowest BCUT2D eigenvalue weighted by Gasteiger charge is -2.08. The fraction of sp³-hybridized carbons (Fsp3) is 0.188. The summed E-state index contributed by atoms with van der Waals surface area (Å²) in [5.74, 6) is -0.209. The molecule has 0 amide bonds. The van der Waals surface area contributed by atoms with Crippen LogP contribution in [0.4, 0.5) is 10.1 Å². The number of hydrogen-bond acceptors (Lipinski definition) is 2. The summed E-state index contributed by atoms with van der Waals surface area (Å²) < 4.78 is 12.7. The first-order valence-corrected chi connectivity index (χ1v) is 6.18. The van der Waals surface area contributed by atoms with E-state index in [0.717, 1.165) is 29.8 Å². The van der Waals surface area contributed by atoms with Crippen molar-refractivity contribution in [3.63, 3.8) is 0 Å². The second-order valence-corrected chi connectivity index (χ2v) is 4.44. The highest BCUT2D eigenvalue weighted by molar-refractivity contribution is 5.51. The van der Waals surface area contributed by atoms with Crippen molar-refractivity contribution in [1.82, 2.24) is 0 Å². The van der Waals surface area contributed by atoms with Crippen LogP contribution in [0.1, 0.15) is 16.7 Å². The summed E-state index contributed by atoms with van der Waals surface area (Å²) in [6.07, 6.45) is 0.833. The van der Waals surface area contributed by atoms with Gasteiger partial charge in [0.1, 0.15) is 5.82 Å². The predicted octanol–water partition coefficient (Wildman–Crippen LogP) is 3.66. The molecule has 96 valence electrons. The number of nitrogens with zero attached hydrogens (tertiary/aromatic N) is 1. The fourth-order valence-corrected chi connectivity index (χ4v) is 1.90. The molecule has 0 bridgehead atoms. The van der Waals surface area contributed by atoms with Crippen LogP contribution in [0.15, 0.2) is 42.5 Å². The largest absolute Gasteiger partial charge is 0.385 e. The third-order valence-electron chi connectivity index (χ3n) is 3.00. The second-order valence-electron chi connectivity index (χ2n) is 4.44. The van der Waals surface area contributed by atoms with E-state index in [4.69, 9.17) is 5.26 Å². The Balaban J connectivity index is 1.91. The first kappa shape index (κ1) is 13.1. The van der Waals surface area contributed by atoms with E-state index >= 15 is 0 Å². The highest BCUT2D eigenvalue weighted by Crippen LogP contribution is 2.14. The molecule has 0 atom stereocenters. The maximum atomic E-state index is 12.7. The van der Waals surface area contributed by atoms with Crippen molar-refractivity contribution < 1.29 is 4.39 Å². The third-order valence-corrected chi connectivity index (χ3v) is 3.00. The van der Waals surface area contributed by atoms with Crippen molar-refractivity contribution in [2.75, 3.05) is 11.9 Å². The Bertz CT molecular complexity index is 597. The first-order valence-electron chi connectivity index (χ1n) is 6.18. The van der Waals surface area contributed by atoms with E-state index in [1.165, 1.54) is 12.1 Å². The van der Waals surface area contributed by atoms with Gasteiger partial charge in [-0.3, -0.25) is 0 Å². The molecule has 0 aliphatic heterocycles. The van der Waals surface area contributed by atoms with Gasteiger partial charge in [-0.2, -0.15) is 5.26 Å². The Hall–Kier alpha value is -2.34. The van der Waals surface area contributed by atoms with Gasteiger partial charge in [0.25, 0.3) is 0 Å². The van der Waals surface area contributed by atoms with E-state index in [-0.39, 0.29) is 5.82 Å². The van der Waals surface area contributed by atoms with Gasteiger partial charge >= 0.3 is 0 Å². The summed E-state index contributed by atoms with van der Waals surface area (Å²) in [5, 5.41) is 12.2. The van der Waals surface area contributed by atoms with E-state index in [0.29, 0.717) is 5.56 Å². The molecule has 2 nitrogen and oxygen atoms in total. The number of nitrogens with one attached hydrogen (secondary N) is 1. The Kier molecular flexibility index (Phi) is 4.15. The number of anilines is 1. The van der Waals surface area contributed by atoms with Gasteiger partial charge in [0, 0.05) is 12.2 Å². The minimum absolute atomic E-state index is 0.209. The van der Waals surface area contributed by atoms with Crippen LogP contribution in [-0.2, 0) is 6.42 Å². The number of hydrogen-bond donors (Lipinski definition) is 1. The van der Waals surface area contributed by atoms with Crippen molar-refractivity contribution in [3.8, 4) is 6.07 Å². The average molecular weight is 254 g/mol. The van der Waals surface area contributed by atoms with Gasteiger partial charge in [0.15, 0.2) is 0 Å². The molecule has 19 heavy (non-hydrogen) atoms. The molecule has 0 saturated carbocycles. The molecule has 2 aromatic carbocycles. The highest BCUT2D eigenvalue weighted by atomic mass is 19.1. The molecule has 2 rings (SSSR count).